The van der Waals surface area contributed by atoms with Crippen LogP contribution in [0.3, 0.4) is 0 Å². The first kappa shape index (κ1) is 27.6. The fraction of sp³-hybridized carbons (Fsp3) is 0.333. The summed E-state index contributed by atoms with van der Waals surface area (Å²) in [6.45, 7) is 0.352. The third-order valence-electron chi connectivity index (χ3n) is 5.24. The smallest absolute Gasteiger partial charge is 0.341 e. The molecule has 198 valence electrons. The highest BCUT2D eigenvalue weighted by molar-refractivity contribution is 7.89. The van der Waals surface area contributed by atoms with Crippen molar-refractivity contribution in [1.82, 2.24) is 4.31 Å². The van der Waals surface area contributed by atoms with Gasteiger partial charge in [0.05, 0.1) is 17.3 Å². The fourth-order valence-corrected chi connectivity index (χ4v) is 5.07. The van der Waals surface area contributed by atoms with Crippen LogP contribution in [0.25, 0.3) is 0 Å². The average Bonchev–Trinajstić information content (AvgIpc) is 3.39. The van der Waals surface area contributed by atoms with E-state index >= 15 is 0 Å². The molecule has 13 heteroatoms. The van der Waals surface area contributed by atoms with E-state index in [9.17, 15) is 23.1 Å². The van der Waals surface area contributed by atoms with E-state index in [1.54, 1.807) is 36.4 Å². The van der Waals surface area contributed by atoms with Crippen LogP contribution in [0.2, 0.25) is 0 Å². The second kappa shape index (κ2) is 13.4. The zero-order valence-electron chi connectivity index (χ0n) is 19.8. The van der Waals surface area contributed by atoms with Gasteiger partial charge in [-0.15, -0.1) is 0 Å². The summed E-state index contributed by atoms with van der Waals surface area (Å²) in [5, 5.41) is 25.5. The third-order valence-corrected chi connectivity index (χ3v) is 7.16. The Hall–Kier alpha value is -3.97. The fourth-order valence-electron chi connectivity index (χ4n) is 3.42. The highest BCUT2D eigenvalue weighted by atomic mass is 32.2. The molecule has 0 amide bonds. The predicted octanol–water partition coefficient (Wildman–Crippen LogP) is 2.18. The van der Waals surface area contributed by atoms with Crippen LogP contribution in [-0.4, -0.2) is 79.7 Å². The van der Waals surface area contributed by atoms with Gasteiger partial charge >= 0.3 is 11.9 Å². The Morgan fingerprint density at radius 2 is 1.51 bits per heavy atom. The first-order valence-corrected chi connectivity index (χ1v) is 12.8. The lowest BCUT2D eigenvalue weighted by Crippen LogP contribution is -2.40. The number of carboxylic acid groups (broad SMARTS) is 2. The van der Waals surface area contributed by atoms with Gasteiger partial charge < -0.3 is 24.6 Å². The van der Waals surface area contributed by atoms with Crippen LogP contribution in [0.1, 0.15) is 30.4 Å². The summed E-state index contributed by atoms with van der Waals surface area (Å²) in [5.74, 6) is -1.75. The van der Waals surface area contributed by atoms with Gasteiger partial charge in [-0.05, 0) is 60.4 Å². The topological polar surface area (TPSA) is 164 Å². The van der Waals surface area contributed by atoms with Crippen molar-refractivity contribution in [2.45, 2.75) is 30.2 Å². The van der Waals surface area contributed by atoms with Gasteiger partial charge in [-0.2, -0.15) is 4.31 Å². The molecule has 1 unspecified atom stereocenters. The van der Waals surface area contributed by atoms with E-state index in [1.807, 2.05) is 0 Å². The van der Waals surface area contributed by atoms with Gasteiger partial charge in [0.25, 0.3) is 0 Å². The molecular weight excluding hydrogens is 506 g/mol. The summed E-state index contributed by atoms with van der Waals surface area (Å²) >= 11 is 0. The maximum Gasteiger partial charge on any atom is 0.341 e. The van der Waals surface area contributed by atoms with Gasteiger partial charge in [0.2, 0.25) is 10.0 Å². The largest absolute Gasteiger partial charge is 0.482 e. The van der Waals surface area contributed by atoms with Gasteiger partial charge in [-0.1, -0.05) is 22.4 Å². The number of hydrogen-bond donors (Lipinski definition) is 2. The Morgan fingerprint density at radius 1 is 0.946 bits per heavy atom. The van der Waals surface area contributed by atoms with Crippen LogP contribution in [0.15, 0.2) is 63.7 Å². The number of nitrogens with zero attached hydrogens (tertiary/aromatic N) is 3. The monoisotopic (exact) mass is 533 g/mol. The Labute approximate surface area is 213 Å². The van der Waals surface area contributed by atoms with E-state index < -0.39 is 34.6 Å². The van der Waals surface area contributed by atoms with Crippen molar-refractivity contribution < 1.29 is 42.6 Å². The third kappa shape index (κ3) is 8.29. The maximum absolute atomic E-state index is 12.8. The zero-order valence-corrected chi connectivity index (χ0v) is 20.6. The Kier molecular flexibility index (Phi) is 9.98. The van der Waals surface area contributed by atoms with Crippen LogP contribution >= 0.6 is 0 Å². The number of hydrogen-bond acceptors (Lipinski definition) is 9. The molecule has 2 aromatic carbocycles. The SMILES string of the molecule is O=C(O)COc1ccc(/C=N/OCCCO/N=C/c2ccc(S(=O)(=O)N3CCCC3C(=O)O)cc2)cc1. The van der Waals surface area contributed by atoms with Crippen LogP contribution in [0, 0.1) is 0 Å². The van der Waals surface area contributed by atoms with E-state index in [0.717, 1.165) is 9.87 Å². The van der Waals surface area contributed by atoms with E-state index in [4.69, 9.17) is 19.5 Å². The minimum absolute atomic E-state index is 0.0267. The summed E-state index contributed by atoms with van der Waals surface area (Å²) < 4.78 is 31.6. The van der Waals surface area contributed by atoms with Crippen LogP contribution < -0.4 is 4.74 Å². The normalized spacial score (nSPS) is 16.3. The molecular formula is C24H27N3O9S. The highest BCUT2D eigenvalue weighted by Crippen LogP contribution is 2.26. The number of aliphatic carboxylic acids is 2. The molecule has 0 aromatic heterocycles. The number of ether oxygens (including phenoxy) is 1. The van der Waals surface area contributed by atoms with E-state index in [-0.39, 0.29) is 18.0 Å². The van der Waals surface area contributed by atoms with E-state index in [2.05, 4.69) is 10.3 Å². The maximum atomic E-state index is 12.8. The van der Waals surface area contributed by atoms with Crippen molar-refractivity contribution in [2.24, 2.45) is 10.3 Å². The molecule has 1 aliphatic rings. The summed E-state index contributed by atoms with van der Waals surface area (Å²) in [6, 6.07) is 11.6. The van der Waals surface area contributed by atoms with E-state index in [1.165, 1.54) is 24.6 Å². The van der Waals surface area contributed by atoms with Gasteiger partial charge in [0.15, 0.2) is 6.61 Å². The van der Waals surface area contributed by atoms with Gasteiger partial charge in [0.1, 0.15) is 25.0 Å². The average molecular weight is 534 g/mol. The van der Waals surface area contributed by atoms with Crippen molar-refractivity contribution >= 4 is 34.4 Å². The summed E-state index contributed by atoms with van der Waals surface area (Å²) in [4.78, 5) is 32.1. The second-order valence-corrected chi connectivity index (χ2v) is 9.81. The molecule has 1 atom stereocenters. The molecule has 0 aliphatic carbocycles. The molecule has 1 saturated heterocycles. The number of sulfonamides is 1. The molecule has 2 aromatic rings. The Bertz CT molecular complexity index is 1210. The van der Waals surface area contributed by atoms with Crippen molar-refractivity contribution in [2.75, 3.05) is 26.4 Å². The Balaban J connectivity index is 1.35. The van der Waals surface area contributed by atoms with Gasteiger partial charge in [0, 0.05) is 13.0 Å². The molecule has 1 aliphatic heterocycles. The summed E-state index contributed by atoms with van der Waals surface area (Å²) in [6.07, 6.45) is 4.28. The van der Waals surface area contributed by atoms with Crippen LogP contribution in [0.5, 0.6) is 5.75 Å². The molecule has 0 bridgehead atoms. The number of carboxylic acids is 2. The van der Waals surface area contributed by atoms with Crippen molar-refractivity contribution in [3.05, 3.63) is 59.7 Å². The summed E-state index contributed by atoms with van der Waals surface area (Å²) in [7, 11) is -3.89. The number of oxime groups is 2. The Morgan fingerprint density at radius 3 is 2.05 bits per heavy atom. The lowest BCUT2D eigenvalue weighted by Gasteiger charge is -2.20. The zero-order chi connectivity index (χ0) is 26.7. The van der Waals surface area contributed by atoms with Crippen molar-refractivity contribution in [3.63, 3.8) is 0 Å². The lowest BCUT2D eigenvalue weighted by molar-refractivity contribution is -0.141. The summed E-state index contributed by atoms with van der Waals surface area (Å²) in [5.41, 5.74) is 1.37. The molecule has 12 nitrogen and oxygen atoms in total. The standard InChI is InChI=1S/C24H27N3O9S/c28-23(29)17-34-20-8-4-18(5-9-20)15-25-35-13-2-14-36-26-16-19-6-10-21(11-7-19)37(32,33)27-12-1-3-22(27)24(30)31/h4-11,15-16,22H,1-3,12-14,17H2,(H,28,29)(H,30,31)/b25-15+,26-16+. The molecule has 0 radical (unpaired) electrons. The molecule has 1 heterocycles. The molecule has 2 N–H and O–H groups in total. The van der Waals surface area contributed by atoms with E-state index in [0.29, 0.717) is 37.2 Å². The molecule has 0 saturated carbocycles. The number of benzene rings is 2. The quantitative estimate of drug-likeness (QED) is 0.210. The molecule has 0 spiro atoms. The van der Waals surface area contributed by atoms with Gasteiger partial charge in [-0.25, -0.2) is 13.2 Å². The molecule has 3 rings (SSSR count). The first-order valence-electron chi connectivity index (χ1n) is 11.4. The van der Waals surface area contributed by atoms with Crippen LogP contribution in [-0.2, 0) is 29.3 Å². The second-order valence-electron chi connectivity index (χ2n) is 7.92. The minimum Gasteiger partial charge on any atom is -0.482 e. The predicted molar refractivity (Wildman–Crippen MR) is 132 cm³/mol. The lowest BCUT2D eigenvalue weighted by atomic mass is 10.2. The minimum atomic E-state index is -3.89. The molecule has 1 fully saturated rings. The molecule has 37 heavy (non-hydrogen) atoms. The number of rotatable bonds is 14. The highest BCUT2D eigenvalue weighted by Gasteiger charge is 2.39. The number of carbonyl (C=O) groups is 2. The first-order chi connectivity index (χ1) is 17.8. The van der Waals surface area contributed by atoms with Gasteiger partial charge in [-0.3, -0.25) is 4.79 Å². The van der Waals surface area contributed by atoms with Crippen LogP contribution in [0.4, 0.5) is 0 Å². The van der Waals surface area contributed by atoms with Crippen molar-refractivity contribution in [1.29, 1.82) is 0 Å². The van der Waals surface area contributed by atoms with Crippen molar-refractivity contribution in [3.8, 4) is 5.75 Å².